The summed E-state index contributed by atoms with van der Waals surface area (Å²) in [5.74, 6) is 0.512. The molecule has 1 aliphatic rings. The molecule has 3 nitrogen and oxygen atoms in total. The molecule has 0 aromatic carbocycles. The van der Waals surface area contributed by atoms with Gasteiger partial charge in [0.15, 0.2) is 0 Å². The zero-order valence-corrected chi connectivity index (χ0v) is 11.7. The van der Waals surface area contributed by atoms with E-state index in [0.29, 0.717) is 18.9 Å². The summed E-state index contributed by atoms with van der Waals surface area (Å²) in [5.41, 5.74) is 0. The number of hydrogen-bond donors (Lipinski definition) is 1. The number of aryl methyl sites for hydroxylation is 1. The van der Waals surface area contributed by atoms with E-state index in [1.54, 1.807) is 11.3 Å². The van der Waals surface area contributed by atoms with Crippen molar-refractivity contribution in [3.63, 3.8) is 0 Å². The highest BCUT2D eigenvalue weighted by Gasteiger charge is 2.26. The van der Waals surface area contributed by atoms with E-state index in [2.05, 4.69) is 11.4 Å². The summed E-state index contributed by atoms with van der Waals surface area (Å²) in [6, 6.07) is 4.16. The highest BCUT2D eigenvalue weighted by atomic mass is 32.1. The maximum atomic E-state index is 12.0. The van der Waals surface area contributed by atoms with Crippen molar-refractivity contribution in [1.82, 2.24) is 4.90 Å². The Morgan fingerprint density at radius 1 is 1.61 bits per heavy atom. The Labute approximate surface area is 112 Å². The molecule has 1 saturated heterocycles. The first kappa shape index (κ1) is 13.6. The average Bonchev–Trinajstić information content (AvgIpc) is 2.85. The van der Waals surface area contributed by atoms with Crippen LogP contribution >= 0.6 is 11.3 Å². The third-order valence-corrected chi connectivity index (χ3v) is 4.60. The van der Waals surface area contributed by atoms with E-state index in [-0.39, 0.29) is 12.0 Å². The van der Waals surface area contributed by atoms with E-state index in [0.717, 1.165) is 25.8 Å². The fourth-order valence-electron chi connectivity index (χ4n) is 2.30. The van der Waals surface area contributed by atoms with Gasteiger partial charge >= 0.3 is 0 Å². The van der Waals surface area contributed by atoms with Gasteiger partial charge in [-0.3, -0.25) is 4.79 Å². The normalized spacial score (nSPS) is 24.2. The van der Waals surface area contributed by atoms with E-state index >= 15 is 0 Å². The topological polar surface area (TPSA) is 40.5 Å². The van der Waals surface area contributed by atoms with Gasteiger partial charge in [-0.2, -0.15) is 0 Å². The smallest absolute Gasteiger partial charge is 0.222 e. The van der Waals surface area contributed by atoms with Crippen molar-refractivity contribution in [3.8, 4) is 0 Å². The third-order valence-electron chi connectivity index (χ3n) is 3.67. The van der Waals surface area contributed by atoms with Crippen molar-refractivity contribution >= 4 is 17.2 Å². The van der Waals surface area contributed by atoms with Crippen LogP contribution in [0.5, 0.6) is 0 Å². The third kappa shape index (κ3) is 3.56. The number of likely N-dealkylation sites (tertiary alicyclic amines) is 1. The van der Waals surface area contributed by atoms with Gasteiger partial charge in [-0.15, -0.1) is 11.3 Å². The van der Waals surface area contributed by atoms with Crippen molar-refractivity contribution in [3.05, 3.63) is 22.4 Å². The fourth-order valence-corrected chi connectivity index (χ4v) is 3.05. The average molecular weight is 267 g/mol. The minimum Gasteiger partial charge on any atom is -0.391 e. The summed E-state index contributed by atoms with van der Waals surface area (Å²) in [6.45, 7) is 3.36. The standard InChI is InChI=1S/C14H21NO2S/c1-11-7-8-15(10-13(11)16)14(17)6-2-4-12-5-3-9-18-12/h3,5,9,11,13,16H,2,4,6-8,10H2,1H3. The lowest BCUT2D eigenvalue weighted by atomic mass is 9.96. The summed E-state index contributed by atoms with van der Waals surface area (Å²) in [4.78, 5) is 15.2. The van der Waals surface area contributed by atoms with Crippen LogP contribution in [0.2, 0.25) is 0 Å². The maximum Gasteiger partial charge on any atom is 0.222 e. The minimum absolute atomic E-state index is 0.192. The molecule has 2 unspecified atom stereocenters. The lowest BCUT2D eigenvalue weighted by Gasteiger charge is -2.34. The van der Waals surface area contributed by atoms with Crippen LogP contribution in [0.1, 0.15) is 31.1 Å². The summed E-state index contributed by atoms with van der Waals surface area (Å²) in [5, 5.41) is 11.8. The maximum absolute atomic E-state index is 12.0. The van der Waals surface area contributed by atoms with Gasteiger partial charge in [0, 0.05) is 24.4 Å². The van der Waals surface area contributed by atoms with Crippen molar-refractivity contribution in [2.75, 3.05) is 13.1 Å². The molecule has 1 aromatic heterocycles. The van der Waals surface area contributed by atoms with Crippen molar-refractivity contribution < 1.29 is 9.90 Å². The number of rotatable bonds is 4. The molecule has 1 fully saturated rings. The molecular formula is C14H21NO2S. The largest absolute Gasteiger partial charge is 0.391 e. The molecule has 2 rings (SSSR count). The van der Waals surface area contributed by atoms with Crippen LogP contribution in [0.15, 0.2) is 17.5 Å². The van der Waals surface area contributed by atoms with Crippen LogP contribution in [-0.2, 0) is 11.2 Å². The lowest BCUT2D eigenvalue weighted by molar-refractivity contribution is -0.135. The van der Waals surface area contributed by atoms with Crippen molar-refractivity contribution in [2.45, 2.75) is 38.7 Å². The molecule has 0 aliphatic carbocycles. The molecule has 2 heterocycles. The zero-order chi connectivity index (χ0) is 13.0. The van der Waals surface area contributed by atoms with E-state index in [1.807, 2.05) is 17.9 Å². The van der Waals surface area contributed by atoms with Crippen LogP contribution in [0.4, 0.5) is 0 Å². The summed E-state index contributed by atoms with van der Waals surface area (Å²) in [7, 11) is 0. The monoisotopic (exact) mass is 267 g/mol. The number of aliphatic hydroxyl groups excluding tert-OH is 1. The Hall–Kier alpha value is -0.870. The first-order valence-electron chi connectivity index (χ1n) is 6.65. The number of amides is 1. The van der Waals surface area contributed by atoms with Crippen LogP contribution < -0.4 is 0 Å². The van der Waals surface area contributed by atoms with E-state index in [1.165, 1.54) is 4.88 Å². The van der Waals surface area contributed by atoms with Crippen molar-refractivity contribution in [1.29, 1.82) is 0 Å². The number of hydrogen-bond acceptors (Lipinski definition) is 3. The number of thiophene rings is 1. The van der Waals surface area contributed by atoms with Gasteiger partial charge in [0.1, 0.15) is 0 Å². The second-order valence-corrected chi connectivity index (χ2v) is 6.14. The second kappa shape index (κ2) is 6.34. The number of aliphatic hydroxyl groups is 1. The van der Waals surface area contributed by atoms with E-state index < -0.39 is 0 Å². The van der Waals surface area contributed by atoms with Crippen molar-refractivity contribution in [2.24, 2.45) is 5.92 Å². The van der Waals surface area contributed by atoms with Gasteiger partial charge in [-0.1, -0.05) is 13.0 Å². The quantitative estimate of drug-likeness (QED) is 0.909. The molecule has 1 N–H and O–H groups in total. The van der Waals surface area contributed by atoms with E-state index in [4.69, 9.17) is 0 Å². The molecule has 0 saturated carbocycles. The molecule has 2 atom stereocenters. The molecule has 0 spiro atoms. The molecule has 1 amide bonds. The number of nitrogens with zero attached hydrogens (tertiary/aromatic N) is 1. The summed E-state index contributed by atoms with van der Waals surface area (Å²) < 4.78 is 0. The summed E-state index contributed by atoms with van der Waals surface area (Å²) in [6.07, 6.45) is 3.05. The van der Waals surface area contributed by atoms with Gasteiger partial charge in [-0.05, 0) is 36.6 Å². The van der Waals surface area contributed by atoms with Gasteiger partial charge in [-0.25, -0.2) is 0 Å². The Bertz CT molecular complexity index is 377. The highest BCUT2D eigenvalue weighted by Crippen LogP contribution is 2.18. The lowest BCUT2D eigenvalue weighted by Crippen LogP contribution is -2.45. The van der Waals surface area contributed by atoms with Crippen LogP contribution in [0, 0.1) is 5.92 Å². The highest BCUT2D eigenvalue weighted by molar-refractivity contribution is 7.09. The number of piperidine rings is 1. The molecule has 0 radical (unpaired) electrons. The second-order valence-electron chi connectivity index (χ2n) is 5.11. The first-order valence-corrected chi connectivity index (χ1v) is 7.53. The Balaban J connectivity index is 1.71. The number of β-amino-alcohol motifs (C(OH)–C–C–N with tert-alkyl or cyclic N) is 1. The molecule has 0 bridgehead atoms. The molecule has 1 aliphatic heterocycles. The summed E-state index contributed by atoms with van der Waals surface area (Å²) >= 11 is 1.75. The molecule has 100 valence electrons. The van der Waals surface area contributed by atoms with Gasteiger partial charge in [0.05, 0.1) is 6.10 Å². The Morgan fingerprint density at radius 3 is 3.11 bits per heavy atom. The first-order chi connectivity index (χ1) is 8.66. The number of carbonyl (C=O) groups is 1. The van der Waals surface area contributed by atoms with Gasteiger partial charge in [0.25, 0.3) is 0 Å². The zero-order valence-electron chi connectivity index (χ0n) is 10.8. The molecular weight excluding hydrogens is 246 g/mol. The van der Waals surface area contributed by atoms with Crippen LogP contribution in [0.25, 0.3) is 0 Å². The molecule has 1 aromatic rings. The Morgan fingerprint density at radius 2 is 2.44 bits per heavy atom. The predicted octanol–water partition coefficient (Wildman–Crippen LogP) is 2.30. The van der Waals surface area contributed by atoms with E-state index in [9.17, 15) is 9.90 Å². The van der Waals surface area contributed by atoms with Crippen LogP contribution in [0.3, 0.4) is 0 Å². The molecule has 4 heteroatoms. The predicted molar refractivity (Wildman–Crippen MR) is 73.6 cm³/mol. The fraction of sp³-hybridized carbons (Fsp3) is 0.643. The minimum atomic E-state index is -0.347. The number of carbonyl (C=O) groups excluding carboxylic acids is 1. The SMILES string of the molecule is CC1CCN(C(=O)CCCc2cccs2)CC1O. The van der Waals surface area contributed by atoms with Crippen LogP contribution in [-0.4, -0.2) is 35.1 Å². The van der Waals surface area contributed by atoms with Gasteiger partial charge in [0.2, 0.25) is 5.91 Å². The Kier molecular flexibility index (Phi) is 4.78. The van der Waals surface area contributed by atoms with Gasteiger partial charge < -0.3 is 10.0 Å². The molecule has 18 heavy (non-hydrogen) atoms.